The zero-order valence-electron chi connectivity index (χ0n) is 19.1. The lowest BCUT2D eigenvalue weighted by Gasteiger charge is -2.23. The summed E-state index contributed by atoms with van der Waals surface area (Å²) in [6.45, 7) is 2.82. The number of alkyl halides is 4. The minimum Gasteiger partial charge on any atom is -0.392 e. The third-order valence-corrected chi connectivity index (χ3v) is 7.41. The lowest BCUT2D eigenvalue weighted by atomic mass is 10.3. The van der Waals surface area contributed by atoms with Gasteiger partial charge in [-0.15, -0.1) is 69.9 Å². The molecule has 0 atom stereocenters. The molecule has 35 heavy (non-hydrogen) atoms. The highest BCUT2D eigenvalue weighted by atomic mass is 35.5. The molecule has 0 aromatic heterocycles. The molecule has 192 valence electrons. The Morgan fingerprint density at radius 3 is 1.20 bits per heavy atom. The van der Waals surface area contributed by atoms with Crippen molar-refractivity contribution < 1.29 is 14.3 Å². The molecule has 0 unspecified atom stereocenters. The first-order chi connectivity index (χ1) is 17.0. The number of esters is 2. The molecule has 11 heteroatoms. The summed E-state index contributed by atoms with van der Waals surface area (Å²) in [5.74, 6) is 1.02. The Bertz CT molecular complexity index is 819. The lowest BCUT2D eigenvalue weighted by Crippen LogP contribution is -2.27. The van der Waals surface area contributed by atoms with E-state index in [0.29, 0.717) is 49.7 Å². The Balaban J connectivity index is 1.76. The molecule has 0 aliphatic rings. The summed E-state index contributed by atoms with van der Waals surface area (Å²) in [5, 5.41) is 0. The molecule has 0 N–H and O–H groups in total. The number of carbonyl (C=O) groups is 2. The van der Waals surface area contributed by atoms with E-state index in [-0.39, 0.29) is 11.5 Å². The summed E-state index contributed by atoms with van der Waals surface area (Å²) in [6, 6.07) is 15.5. The van der Waals surface area contributed by atoms with Crippen molar-refractivity contribution in [3.8, 4) is 0 Å². The molecule has 2 aromatic rings. The van der Waals surface area contributed by atoms with Crippen molar-refractivity contribution in [1.29, 1.82) is 0 Å². The molecule has 0 radical (unpaired) electrons. The van der Waals surface area contributed by atoms with Crippen molar-refractivity contribution in [2.75, 3.05) is 71.0 Å². The number of hydrogen-bond acceptors (Lipinski definition) is 7. The summed E-state index contributed by atoms with van der Waals surface area (Å²) in [6.07, 6.45) is 0. The average Bonchev–Trinajstić information content (AvgIpc) is 2.87. The molecule has 0 fully saturated rings. The van der Waals surface area contributed by atoms with Gasteiger partial charge in [-0.05, 0) is 48.5 Å². The van der Waals surface area contributed by atoms with Gasteiger partial charge in [-0.25, -0.2) is 0 Å². The van der Waals surface area contributed by atoms with Crippen molar-refractivity contribution in [2.24, 2.45) is 0 Å². The molecular weight excluding hydrogens is 570 g/mol. The minimum absolute atomic E-state index is 0.0501. The predicted molar refractivity (Wildman–Crippen MR) is 153 cm³/mol. The molecule has 0 aliphatic heterocycles. The maximum Gasteiger partial charge on any atom is 0.323 e. The Labute approximate surface area is 235 Å². The normalized spacial score (nSPS) is 10.7. The van der Waals surface area contributed by atoms with Gasteiger partial charge in [0.05, 0.1) is 11.5 Å². The Kier molecular flexibility index (Phi) is 15.1. The second kappa shape index (κ2) is 17.5. The second-order valence-corrected chi connectivity index (χ2v) is 10.8. The van der Waals surface area contributed by atoms with Crippen LogP contribution in [-0.4, -0.2) is 73.1 Å². The first-order valence-electron chi connectivity index (χ1n) is 10.9. The van der Waals surface area contributed by atoms with Crippen LogP contribution in [0.2, 0.25) is 0 Å². The van der Waals surface area contributed by atoms with Crippen LogP contribution >= 0.6 is 69.9 Å². The average molecular weight is 598 g/mol. The second-order valence-electron chi connectivity index (χ2n) is 7.14. The molecule has 0 saturated carbocycles. The van der Waals surface area contributed by atoms with Crippen molar-refractivity contribution in [2.45, 2.75) is 9.79 Å². The van der Waals surface area contributed by atoms with Crippen LogP contribution in [0.1, 0.15) is 0 Å². The fraction of sp³-hybridized carbons (Fsp3) is 0.417. The number of carbonyl (C=O) groups excluding carboxylic acids is 2. The first-order valence-corrected chi connectivity index (χ1v) is 15.0. The van der Waals surface area contributed by atoms with Crippen LogP contribution in [0.4, 0.5) is 11.4 Å². The quantitative estimate of drug-likeness (QED) is 0.0986. The highest BCUT2D eigenvalue weighted by Gasteiger charge is 2.13. The number of anilines is 2. The number of ether oxygens (including phenoxy) is 1. The van der Waals surface area contributed by atoms with Gasteiger partial charge in [-0.2, -0.15) is 0 Å². The number of nitrogens with zero attached hydrogens (tertiary/aromatic N) is 2. The van der Waals surface area contributed by atoms with E-state index in [1.165, 1.54) is 23.5 Å². The minimum atomic E-state index is -0.566. The third kappa shape index (κ3) is 11.3. The first kappa shape index (κ1) is 30.3. The zero-order valence-corrected chi connectivity index (χ0v) is 23.8. The van der Waals surface area contributed by atoms with E-state index in [4.69, 9.17) is 51.1 Å². The van der Waals surface area contributed by atoms with Gasteiger partial charge in [0.2, 0.25) is 0 Å². The highest BCUT2D eigenvalue weighted by Crippen LogP contribution is 2.24. The van der Waals surface area contributed by atoms with E-state index < -0.39 is 11.9 Å². The van der Waals surface area contributed by atoms with Gasteiger partial charge < -0.3 is 14.5 Å². The summed E-state index contributed by atoms with van der Waals surface area (Å²) < 4.78 is 4.95. The predicted octanol–water partition coefficient (Wildman–Crippen LogP) is 6.21. The number of halogens is 4. The van der Waals surface area contributed by atoms with Crippen LogP contribution in [0, 0.1) is 0 Å². The van der Waals surface area contributed by atoms with Crippen LogP contribution in [0.3, 0.4) is 0 Å². The number of rotatable bonds is 16. The molecule has 0 spiro atoms. The SMILES string of the molecule is O=C(CSc1ccc(N(CCCl)CCCl)cc1)OC(=O)CSc1ccc(N(CCCl)CCCl)cc1. The number of benzene rings is 2. The molecular formula is C24H28Cl4N2O3S2. The zero-order chi connectivity index (χ0) is 25.5. The fourth-order valence-electron chi connectivity index (χ4n) is 3.12. The molecule has 5 nitrogen and oxygen atoms in total. The van der Waals surface area contributed by atoms with Gasteiger partial charge in [-0.1, -0.05) is 0 Å². The Morgan fingerprint density at radius 2 is 0.914 bits per heavy atom. The van der Waals surface area contributed by atoms with Gasteiger partial charge in [-0.3, -0.25) is 9.59 Å². The highest BCUT2D eigenvalue weighted by molar-refractivity contribution is 8.00. The fourth-order valence-corrected chi connectivity index (χ4v) is 5.28. The molecule has 2 aromatic carbocycles. The summed E-state index contributed by atoms with van der Waals surface area (Å²) in [4.78, 5) is 30.2. The van der Waals surface area contributed by atoms with Crippen molar-refractivity contribution in [1.82, 2.24) is 0 Å². The monoisotopic (exact) mass is 596 g/mol. The number of thioether (sulfide) groups is 2. The van der Waals surface area contributed by atoms with Crippen LogP contribution in [0.25, 0.3) is 0 Å². The van der Waals surface area contributed by atoms with Crippen LogP contribution in [0.5, 0.6) is 0 Å². The van der Waals surface area contributed by atoms with E-state index in [1.807, 2.05) is 48.5 Å². The third-order valence-electron chi connectivity index (χ3n) is 4.76. The largest absolute Gasteiger partial charge is 0.392 e. The van der Waals surface area contributed by atoms with Gasteiger partial charge >= 0.3 is 11.9 Å². The Morgan fingerprint density at radius 1 is 0.600 bits per heavy atom. The van der Waals surface area contributed by atoms with Crippen molar-refractivity contribution in [3.05, 3.63) is 48.5 Å². The van der Waals surface area contributed by atoms with E-state index in [1.54, 1.807) is 0 Å². The molecule has 2 rings (SSSR count). The van der Waals surface area contributed by atoms with E-state index >= 15 is 0 Å². The Hall–Kier alpha value is -0.960. The van der Waals surface area contributed by atoms with Crippen molar-refractivity contribution >= 4 is 93.2 Å². The maximum atomic E-state index is 12.1. The van der Waals surface area contributed by atoms with E-state index in [2.05, 4.69) is 9.80 Å². The maximum absolute atomic E-state index is 12.1. The summed E-state index contributed by atoms with van der Waals surface area (Å²) in [7, 11) is 0. The number of hydrogen-bond donors (Lipinski definition) is 0. The standard InChI is InChI=1S/C24H28Cl4N2O3S2/c25-9-13-29(14-10-26)19-1-5-21(6-2-19)34-17-23(31)33-24(32)18-35-22-7-3-20(4-8-22)30(15-11-27)16-12-28/h1-8H,9-18H2. The molecule has 0 heterocycles. The van der Waals surface area contributed by atoms with Gasteiger partial charge in [0.25, 0.3) is 0 Å². The van der Waals surface area contributed by atoms with Gasteiger partial charge in [0.1, 0.15) is 0 Å². The molecule has 0 amide bonds. The van der Waals surface area contributed by atoms with E-state index in [9.17, 15) is 9.59 Å². The summed E-state index contributed by atoms with van der Waals surface area (Å²) in [5.41, 5.74) is 2.04. The van der Waals surface area contributed by atoms with Crippen molar-refractivity contribution in [3.63, 3.8) is 0 Å². The lowest BCUT2D eigenvalue weighted by molar-refractivity contribution is -0.155. The summed E-state index contributed by atoms with van der Waals surface area (Å²) >= 11 is 26.1. The smallest absolute Gasteiger partial charge is 0.323 e. The molecule has 0 aliphatic carbocycles. The molecule has 0 bridgehead atoms. The van der Waals surface area contributed by atoms with Crippen LogP contribution in [0.15, 0.2) is 58.3 Å². The van der Waals surface area contributed by atoms with Gasteiger partial charge in [0.15, 0.2) is 0 Å². The van der Waals surface area contributed by atoms with E-state index in [0.717, 1.165) is 21.2 Å². The van der Waals surface area contributed by atoms with Crippen LogP contribution in [-0.2, 0) is 14.3 Å². The topological polar surface area (TPSA) is 49.9 Å². The van der Waals surface area contributed by atoms with Gasteiger partial charge in [0, 0.05) is 70.9 Å². The van der Waals surface area contributed by atoms with Crippen LogP contribution < -0.4 is 9.80 Å². The molecule has 0 saturated heterocycles.